The number of anilines is 1. The molecule has 0 unspecified atom stereocenters. The molecule has 0 radical (unpaired) electrons. The molecule has 1 heterocycles. The molecule has 1 aliphatic carbocycles. The molecule has 7 nitrogen and oxygen atoms in total. The number of benzene rings is 1. The SMILES string of the molecule is CCc1ccc(Oc2ncnc(NCCC3=CCCCC3)c2[N+](=O)[O-])cc1. The monoisotopic (exact) mass is 368 g/mol. The molecule has 0 saturated carbocycles. The Morgan fingerprint density at radius 1 is 1.22 bits per heavy atom. The van der Waals surface area contributed by atoms with E-state index in [1.807, 2.05) is 12.1 Å². The quantitative estimate of drug-likeness (QED) is 0.399. The van der Waals surface area contributed by atoms with Gasteiger partial charge in [-0.3, -0.25) is 10.1 Å². The van der Waals surface area contributed by atoms with Crippen molar-refractivity contribution in [3.8, 4) is 11.6 Å². The van der Waals surface area contributed by atoms with Crippen LogP contribution in [-0.4, -0.2) is 21.4 Å². The predicted octanol–water partition coefficient (Wildman–Crippen LogP) is 5.04. The van der Waals surface area contributed by atoms with Gasteiger partial charge in [0.05, 0.1) is 4.92 Å². The minimum absolute atomic E-state index is 0.0568. The first-order valence-electron chi connectivity index (χ1n) is 9.35. The van der Waals surface area contributed by atoms with Crippen LogP contribution in [0.3, 0.4) is 0 Å². The van der Waals surface area contributed by atoms with E-state index in [2.05, 4.69) is 28.3 Å². The molecule has 0 aliphatic heterocycles. The number of hydrogen-bond acceptors (Lipinski definition) is 6. The van der Waals surface area contributed by atoms with E-state index in [1.165, 1.54) is 30.3 Å². The minimum Gasteiger partial charge on any atom is -0.434 e. The maximum Gasteiger partial charge on any atom is 0.373 e. The third-order valence-corrected chi connectivity index (χ3v) is 4.64. The first-order valence-corrected chi connectivity index (χ1v) is 9.35. The van der Waals surface area contributed by atoms with E-state index in [0.29, 0.717) is 12.3 Å². The van der Waals surface area contributed by atoms with Crippen LogP contribution in [0.2, 0.25) is 0 Å². The third-order valence-electron chi connectivity index (χ3n) is 4.64. The summed E-state index contributed by atoms with van der Waals surface area (Å²) in [6, 6.07) is 7.43. The average Bonchev–Trinajstić information content (AvgIpc) is 2.69. The highest BCUT2D eigenvalue weighted by molar-refractivity contribution is 5.61. The van der Waals surface area contributed by atoms with Gasteiger partial charge in [-0.2, -0.15) is 4.98 Å². The van der Waals surface area contributed by atoms with Crippen molar-refractivity contribution in [1.82, 2.24) is 9.97 Å². The second-order valence-electron chi connectivity index (χ2n) is 6.52. The fourth-order valence-corrected chi connectivity index (χ4v) is 3.11. The molecule has 1 aromatic heterocycles. The van der Waals surface area contributed by atoms with Gasteiger partial charge in [0.15, 0.2) is 0 Å². The Morgan fingerprint density at radius 3 is 2.70 bits per heavy atom. The van der Waals surface area contributed by atoms with Gasteiger partial charge in [-0.1, -0.05) is 30.7 Å². The van der Waals surface area contributed by atoms with Crippen LogP contribution in [0.4, 0.5) is 11.5 Å². The lowest BCUT2D eigenvalue weighted by Gasteiger charge is -2.13. The van der Waals surface area contributed by atoms with E-state index < -0.39 is 4.92 Å². The van der Waals surface area contributed by atoms with E-state index in [4.69, 9.17) is 4.74 Å². The number of hydrogen-bond donors (Lipinski definition) is 1. The summed E-state index contributed by atoms with van der Waals surface area (Å²) < 4.78 is 5.66. The average molecular weight is 368 g/mol. The maximum absolute atomic E-state index is 11.6. The fraction of sp³-hybridized carbons (Fsp3) is 0.400. The van der Waals surface area contributed by atoms with E-state index in [1.54, 1.807) is 12.1 Å². The molecule has 27 heavy (non-hydrogen) atoms. The smallest absolute Gasteiger partial charge is 0.373 e. The number of ether oxygens (including phenoxy) is 1. The summed E-state index contributed by atoms with van der Waals surface area (Å²) in [5, 5.41) is 14.7. The van der Waals surface area contributed by atoms with Crippen molar-refractivity contribution in [2.45, 2.75) is 45.4 Å². The van der Waals surface area contributed by atoms with E-state index >= 15 is 0 Å². The molecule has 0 fully saturated rings. The lowest BCUT2D eigenvalue weighted by Crippen LogP contribution is -2.09. The zero-order valence-corrected chi connectivity index (χ0v) is 15.5. The number of allylic oxidation sites excluding steroid dienone is 1. The van der Waals surface area contributed by atoms with Gasteiger partial charge in [0, 0.05) is 6.54 Å². The topological polar surface area (TPSA) is 90.2 Å². The number of nitrogens with one attached hydrogen (secondary N) is 1. The van der Waals surface area contributed by atoms with Crippen molar-refractivity contribution in [3.05, 3.63) is 57.9 Å². The van der Waals surface area contributed by atoms with Crippen LogP contribution in [0.25, 0.3) is 0 Å². The van der Waals surface area contributed by atoms with Crippen molar-refractivity contribution < 1.29 is 9.66 Å². The van der Waals surface area contributed by atoms with E-state index in [9.17, 15) is 10.1 Å². The Kier molecular flexibility index (Phi) is 6.35. The summed E-state index contributed by atoms with van der Waals surface area (Å²) in [4.78, 5) is 19.1. The summed E-state index contributed by atoms with van der Waals surface area (Å²) in [7, 11) is 0. The molecular formula is C20H24N4O3. The largest absolute Gasteiger partial charge is 0.434 e. The summed E-state index contributed by atoms with van der Waals surface area (Å²) in [6.45, 7) is 2.65. The normalized spacial score (nSPS) is 13.7. The van der Waals surface area contributed by atoms with Crippen LogP contribution in [0.1, 0.15) is 44.6 Å². The fourth-order valence-electron chi connectivity index (χ4n) is 3.11. The molecule has 1 aromatic carbocycles. The van der Waals surface area contributed by atoms with Gasteiger partial charge in [-0.05, 0) is 56.2 Å². The van der Waals surface area contributed by atoms with Crippen LogP contribution in [0.15, 0.2) is 42.2 Å². The summed E-state index contributed by atoms with van der Waals surface area (Å²) in [5.74, 6) is 0.637. The van der Waals surface area contributed by atoms with Gasteiger partial charge in [0.1, 0.15) is 12.1 Å². The van der Waals surface area contributed by atoms with Crippen molar-refractivity contribution in [2.75, 3.05) is 11.9 Å². The molecule has 3 rings (SSSR count). The van der Waals surface area contributed by atoms with Crippen molar-refractivity contribution in [3.63, 3.8) is 0 Å². The zero-order valence-electron chi connectivity index (χ0n) is 15.5. The number of aromatic nitrogens is 2. The second kappa shape index (κ2) is 9.12. The van der Waals surface area contributed by atoms with Gasteiger partial charge < -0.3 is 10.1 Å². The van der Waals surface area contributed by atoms with E-state index in [0.717, 1.165) is 25.7 Å². The van der Waals surface area contributed by atoms with E-state index in [-0.39, 0.29) is 17.4 Å². The van der Waals surface area contributed by atoms with Crippen molar-refractivity contribution >= 4 is 11.5 Å². The van der Waals surface area contributed by atoms with Gasteiger partial charge in [0.2, 0.25) is 5.82 Å². The van der Waals surface area contributed by atoms with Crippen LogP contribution in [0, 0.1) is 10.1 Å². The molecular weight excluding hydrogens is 344 g/mol. The summed E-state index contributed by atoms with van der Waals surface area (Å²) in [5.41, 5.74) is 2.33. The Balaban J connectivity index is 1.73. The molecule has 0 saturated heterocycles. The van der Waals surface area contributed by atoms with Gasteiger partial charge >= 0.3 is 11.6 Å². The molecule has 0 bridgehead atoms. The molecule has 0 atom stereocenters. The number of rotatable bonds is 8. The maximum atomic E-state index is 11.6. The first-order chi connectivity index (χ1) is 13.2. The number of aryl methyl sites for hydroxylation is 1. The molecule has 1 N–H and O–H groups in total. The highest BCUT2D eigenvalue weighted by Gasteiger charge is 2.25. The molecule has 7 heteroatoms. The van der Waals surface area contributed by atoms with Gasteiger partial charge in [0.25, 0.3) is 0 Å². The Labute approximate surface area is 158 Å². The molecule has 142 valence electrons. The second-order valence-corrected chi connectivity index (χ2v) is 6.52. The summed E-state index contributed by atoms with van der Waals surface area (Å²) in [6.07, 6.45) is 10.0. The minimum atomic E-state index is -0.502. The summed E-state index contributed by atoms with van der Waals surface area (Å²) >= 11 is 0. The lowest BCUT2D eigenvalue weighted by atomic mass is 9.97. The van der Waals surface area contributed by atoms with Crippen molar-refractivity contribution in [1.29, 1.82) is 0 Å². The standard InChI is InChI=1S/C20H24N4O3/c1-2-15-8-10-17(11-9-15)27-20-18(24(25)26)19(22-14-23-20)21-13-12-16-6-4-3-5-7-16/h6,8-11,14H,2-5,7,12-13H2,1H3,(H,21,22,23). The molecule has 0 spiro atoms. The first kappa shape index (κ1) is 18.8. The zero-order chi connectivity index (χ0) is 19.1. The number of nitro groups is 1. The Bertz CT molecular complexity index is 818. The van der Waals surface area contributed by atoms with Crippen LogP contribution < -0.4 is 10.1 Å². The Hall–Kier alpha value is -2.96. The number of nitrogens with zero attached hydrogens (tertiary/aromatic N) is 3. The van der Waals surface area contributed by atoms with Crippen LogP contribution in [-0.2, 0) is 6.42 Å². The van der Waals surface area contributed by atoms with Crippen molar-refractivity contribution in [2.24, 2.45) is 0 Å². The predicted molar refractivity (Wildman–Crippen MR) is 104 cm³/mol. The highest BCUT2D eigenvalue weighted by atomic mass is 16.6. The highest BCUT2D eigenvalue weighted by Crippen LogP contribution is 2.34. The van der Waals surface area contributed by atoms with Gasteiger partial charge in [-0.25, -0.2) is 4.98 Å². The molecule has 0 amide bonds. The van der Waals surface area contributed by atoms with Crippen LogP contribution >= 0.6 is 0 Å². The Morgan fingerprint density at radius 2 is 2.04 bits per heavy atom. The van der Waals surface area contributed by atoms with Crippen LogP contribution in [0.5, 0.6) is 11.6 Å². The molecule has 2 aromatic rings. The van der Waals surface area contributed by atoms with Gasteiger partial charge in [-0.15, -0.1) is 0 Å². The third kappa shape index (κ3) is 5.03. The lowest BCUT2D eigenvalue weighted by molar-refractivity contribution is -0.385. The molecule has 1 aliphatic rings.